The molecule has 2 rings (SSSR count). The molecule has 1 saturated carbocycles. The number of fused-ring (bicyclic) bond motifs is 2. The van der Waals surface area contributed by atoms with Crippen molar-refractivity contribution >= 4 is 5.97 Å². The highest BCUT2D eigenvalue weighted by Crippen LogP contribution is 2.38. The molecule has 0 spiro atoms. The van der Waals surface area contributed by atoms with E-state index in [1.165, 1.54) is 38.9 Å². The summed E-state index contributed by atoms with van der Waals surface area (Å²) in [7, 11) is 1.35. The Balaban J connectivity index is 0.000000140. The number of allylic oxidation sites excluding steroid dienone is 3. The SMILES string of the molecule is C/C=C/C(=O)OC.C1=C2CCC(C1)C2. The Morgan fingerprint density at radius 1 is 1.64 bits per heavy atom. The van der Waals surface area contributed by atoms with Crippen LogP contribution in [0.5, 0.6) is 0 Å². The Bertz CT molecular complexity index is 251. The topological polar surface area (TPSA) is 26.3 Å². The smallest absolute Gasteiger partial charge is 0.330 e. The Morgan fingerprint density at radius 2 is 2.43 bits per heavy atom. The van der Waals surface area contributed by atoms with Crippen LogP contribution in [-0.2, 0) is 9.53 Å². The van der Waals surface area contributed by atoms with Gasteiger partial charge in [0.05, 0.1) is 7.11 Å². The number of esters is 1. The van der Waals surface area contributed by atoms with E-state index in [2.05, 4.69) is 10.8 Å². The molecule has 1 atom stereocenters. The summed E-state index contributed by atoms with van der Waals surface area (Å²) in [6.45, 7) is 1.76. The summed E-state index contributed by atoms with van der Waals surface area (Å²) in [5, 5.41) is 0. The van der Waals surface area contributed by atoms with Gasteiger partial charge in [-0.25, -0.2) is 4.79 Å². The summed E-state index contributed by atoms with van der Waals surface area (Å²) in [5.41, 5.74) is 1.74. The van der Waals surface area contributed by atoms with Crippen molar-refractivity contribution in [1.29, 1.82) is 0 Å². The van der Waals surface area contributed by atoms with Crippen molar-refractivity contribution < 1.29 is 9.53 Å². The van der Waals surface area contributed by atoms with Gasteiger partial charge in [-0.1, -0.05) is 17.7 Å². The first-order chi connectivity index (χ1) is 6.76. The zero-order valence-electron chi connectivity index (χ0n) is 8.95. The van der Waals surface area contributed by atoms with Gasteiger partial charge in [0.1, 0.15) is 0 Å². The largest absolute Gasteiger partial charge is 0.466 e. The lowest BCUT2D eigenvalue weighted by Crippen LogP contribution is -1.92. The first kappa shape index (κ1) is 11.0. The fourth-order valence-electron chi connectivity index (χ4n) is 1.89. The number of carbonyl (C=O) groups excluding carboxylic acids is 1. The third kappa shape index (κ3) is 3.36. The summed E-state index contributed by atoms with van der Waals surface area (Å²) >= 11 is 0. The normalized spacial score (nSPS) is 23.0. The van der Waals surface area contributed by atoms with Crippen molar-refractivity contribution in [1.82, 2.24) is 0 Å². The molecule has 14 heavy (non-hydrogen) atoms. The summed E-state index contributed by atoms with van der Waals surface area (Å²) in [4.78, 5) is 10.1. The van der Waals surface area contributed by atoms with Gasteiger partial charge in [-0.3, -0.25) is 0 Å². The highest BCUT2D eigenvalue weighted by Gasteiger charge is 2.22. The maximum atomic E-state index is 10.1. The van der Waals surface area contributed by atoms with Crippen LogP contribution in [0, 0.1) is 5.92 Å². The molecule has 0 aromatic rings. The van der Waals surface area contributed by atoms with Crippen molar-refractivity contribution in [3.05, 3.63) is 23.8 Å². The molecular formula is C12H18O2. The van der Waals surface area contributed by atoms with Crippen LogP contribution in [0.4, 0.5) is 0 Å². The Labute approximate surface area is 85.6 Å². The minimum atomic E-state index is -0.303. The molecule has 2 bridgehead atoms. The molecule has 0 amide bonds. The predicted molar refractivity (Wildman–Crippen MR) is 56.9 cm³/mol. The van der Waals surface area contributed by atoms with Crippen LogP contribution in [-0.4, -0.2) is 13.1 Å². The fraction of sp³-hybridized carbons (Fsp3) is 0.583. The second-order valence-electron chi connectivity index (χ2n) is 3.73. The Morgan fingerprint density at radius 3 is 2.57 bits per heavy atom. The van der Waals surface area contributed by atoms with Crippen LogP contribution in [0.15, 0.2) is 23.8 Å². The Kier molecular flexibility index (Phi) is 4.44. The van der Waals surface area contributed by atoms with Gasteiger partial charge in [-0.05, 0) is 38.5 Å². The van der Waals surface area contributed by atoms with Crippen LogP contribution < -0.4 is 0 Å². The number of ether oxygens (including phenoxy) is 1. The van der Waals surface area contributed by atoms with Crippen LogP contribution >= 0.6 is 0 Å². The van der Waals surface area contributed by atoms with E-state index >= 15 is 0 Å². The maximum Gasteiger partial charge on any atom is 0.330 e. The molecular weight excluding hydrogens is 176 g/mol. The zero-order chi connectivity index (χ0) is 10.4. The van der Waals surface area contributed by atoms with Crippen LogP contribution in [0.2, 0.25) is 0 Å². The number of hydrogen-bond acceptors (Lipinski definition) is 2. The average molecular weight is 194 g/mol. The van der Waals surface area contributed by atoms with E-state index < -0.39 is 0 Å². The van der Waals surface area contributed by atoms with Crippen molar-refractivity contribution in [2.75, 3.05) is 7.11 Å². The van der Waals surface area contributed by atoms with Crippen LogP contribution in [0.1, 0.15) is 32.6 Å². The minimum absolute atomic E-state index is 0.303. The Hall–Kier alpha value is -1.05. The third-order valence-corrected chi connectivity index (χ3v) is 2.67. The molecule has 2 aliphatic rings. The van der Waals surface area contributed by atoms with E-state index in [9.17, 15) is 4.79 Å². The lowest BCUT2D eigenvalue weighted by atomic mass is 10.1. The molecule has 0 aliphatic heterocycles. The molecule has 0 heterocycles. The van der Waals surface area contributed by atoms with Crippen molar-refractivity contribution in [2.24, 2.45) is 5.92 Å². The van der Waals surface area contributed by atoms with Gasteiger partial charge in [-0.2, -0.15) is 0 Å². The van der Waals surface area contributed by atoms with E-state index in [1.54, 1.807) is 18.6 Å². The summed E-state index contributed by atoms with van der Waals surface area (Å²) in [5.74, 6) is 0.775. The first-order valence-corrected chi connectivity index (χ1v) is 5.14. The van der Waals surface area contributed by atoms with Crippen molar-refractivity contribution in [2.45, 2.75) is 32.6 Å². The summed E-state index contributed by atoms with van der Waals surface area (Å²) in [6.07, 6.45) is 11.2. The van der Waals surface area contributed by atoms with E-state index in [0.717, 1.165) is 5.92 Å². The van der Waals surface area contributed by atoms with E-state index in [-0.39, 0.29) is 5.97 Å². The van der Waals surface area contributed by atoms with Crippen molar-refractivity contribution in [3.63, 3.8) is 0 Å². The maximum absolute atomic E-state index is 10.1. The first-order valence-electron chi connectivity index (χ1n) is 5.14. The molecule has 1 unspecified atom stereocenters. The highest BCUT2D eigenvalue weighted by molar-refractivity contribution is 5.81. The predicted octanol–water partition coefficient (Wildman–Crippen LogP) is 2.85. The highest BCUT2D eigenvalue weighted by atomic mass is 16.5. The van der Waals surface area contributed by atoms with Gasteiger partial charge in [0.2, 0.25) is 0 Å². The molecule has 2 aliphatic carbocycles. The van der Waals surface area contributed by atoms with Gasteiger partial charge < -0.3 is 4.74 Å². The van der Waals surface area contributed by atoms with Gasteiger partial charge in [0, 0.05) is 6.08 Å². The molecule has 0 aromatic carbocycles. The molecule has 0 N–H and O–H groups in total. The van der Waals surface area contributed by atoms with E-state index in [4.69, 9.17) is 0 Å². The number of rotatable bonds is 1. The quantitative estimate of drug-likeness (QED) is 0.364. The summed E-state index contributed by atoms with van der Waals surface area (Å²) < 4.78 is 4.26. The number of hydrogen-bond donors (Lipinski definition) is 0. The second kappa shape index (κ2) is 5.63. The molecule has 0 saturated heterocycles. The van der Waals surface area contributed by atoms with Gasteiger partial charge in [0.25, 0.3) is 0 Å². The van der Waals surface area contributed by atoms with E-state index in [1.807, 2.05) is 0 Å². The van der Waals surface area contributed by atoms with Gasteiger partial charge >= 0.3 is 5.97 Å². The lowest BCUT2D eigenvalue weighted by Gasteiger charge is -1.98. The minimum Gasteiger partial charge on any atom is -0.466 e. The van der Waals surface area contributed by atoms with Crippen molar-refractivity contribution in [3.8, 4) is 0 Å². The van der Waals surface area contributed by atoms with Crippen LogP contribution in [0.3, 0.4) is 0 Å². The zero-order valence-corrected chi connectivity index (χ0v) is 8.95. The van der Waals surface area contributed by atoms with E-state index in [0.29, 0.717) is 0 Å². The van der Waals surface area contributed by atoms with Crippen LogP contribution in [0.25, 0.3) is 0 Å². The van der Waals surface area contributed by atoms with Gasteiger partial charge in [0.15, 0.2) is 0 Å². The molecule has 2 heteroatoms. The fourth-order valence-corrected chi connectivity index (χ4v) is 1.89. The number of methoxy groups -OCH3 is 1. The molecule has 2 nitrogen and oxygen atoms in total. The average Bonchev–Trinajstić information content (AvgIpc) is 2.82. The molecule has 0 radical (unpaired) electrons. The molecule has 78 valence electrons. The lowest BCUT2D eigenvalue weighted by molar-refractivity contribution is -0.134. The third-order valence-electron chi connectivity index (χ3n) is 2.67. The van der Waals surface area contributed by atoms with Gasteiger partial charge in [-0.15, -0.1) is 0 Å². The number of carbonyl (C=O) groups is 1. The monoisotopic (exact) mass is 194 g/mol. The second-order valence-corrected chi connectivity index (χ2v) is 3.73. The molecule has 0 aromatic heterocycles. The summed E-state index contributed by atoms with van der Waals surface area (Å²) in [6, 6.07) is 0. The molecule has 1 fully saturated rings. The standard InChI is InChI=1S/C7H10.C5H8O2/c1-2-7-4-3-6(1)5-7;1-3-4-5(6)7-2/h1,7H,2-5H2;3-4H,1-2H3/b;4-3+.